The molecule has 3 heteroatoms. The van der Waals surface area contributed by atoms with Crippen molar-refractivity contribution in [3.8, 4) is 0 Å². The Morgan fingerprint density at radius 1 is 1.78 bits per heavy atom. The van der Waals surface area contributed by atoms with Crippen LogP contribution >= 0.6 is 0 Å². The first-order chi connectivity index (χ1) is 4.22. The maximum atomic E-state index is 10.3. The molecule has 0 amide bonds. The van der Waals surface area contributed by atoms with Crippen molar-refractivity contribution < 1.29 is 14.6 Å². The molecule has 0 aromatic heterocycles. The van der Waals surface area contributed by atoms with E-state index < -0.39 is 5.97 Å². The summed E-state index contributed by atoms with van der Waals surface area (Å²) >= 11 is 0. The highest BCUT2D eigenvalue weighted by Gasteiger charge is 2.29. The Bertz CT molecular complexity index is 121. The quantitative estimate of drug-likeness (QED) is 0.562. The van der Waals surface area contributed by atoms with Gasteiger partial charge in [0.1, 0.15) is 0 Å². The van der Waals surface area contributed by atoms with Crippen LogP contribution in [0.2, 0.25) is 0 Å². The van der Waals surface area contributed by atoms with Gasteiger partial charge in [-0.25, -0.2) is 0 Å². The molecule has 0 aromatic rings. The largest absolute Gasteiger partial charge is 0.481 e. The predicted octanol–water partition coefficient (Wildman–Crippen LogP) is 0.496. The lowest BCUT2D eigenvalue weighted by molar-refractivity contribution is -0.143. The van der Waals surface area contributed by atoms with Crippen LogP contribution in [-0.2, 0) is 9.53 Å². The van der Waals surface area contributed by atoms with Crippen LogP contribution < -0.4 is 0 Å². The third-order valence-electron chi connectivity index (χ3n) is 1.69. The summed E-state index contributed by atoms with van der Waals surface area (Å²) in [7, 11) is 0. The van der Waals surface area contributed by atoms with E-state index in [1.54, 1.807) is 6.92 Å². The number of carboxylic acids is 1. The fraction of sp³-hybridized carbons (Fsp3) is 0.833. The maximum Gasteiger partial charge on any atom is 0.309 e. The van der Waals surface area contributed by atoms with E-state index >= 15 is 0 Å². The second kappa shape index (κ2) is 2.35. The second-order valence-corrected chi connectivity index (χ2v) is 2.31. The van der Waals surface area contributed by atoms with E-state index in [9.17, 15) is 4.79 Å². The summed E-state index contributed by atoms with van der Waals surface area (Å²) in [6.45, 7) is 2.39. The molecule has 0 radical (unpaired) electrons. The zero-order valence-corrected chi connectivity index (χ0v) is 5.33. The average Bonchev–Trinajstić information content (AvgIpc) is 2.13. The zero-order valence-electron chi connectivity index (χ0n) is 5.33. The molecular formula is C6H10O3. The van der Waals surface area contributed by atoms with Gasteiger partial charge in [0.25, 0.3) is 0 Å². The van der Waals surface area contributed by atoms with Crippen LogP contribution in [0.15, 0.2) is 0 Å². The lowest BCUT2D eigenvalue weighted by Crippen LogP contribution is -2.20. The van der Waals surface area contributed by atoms with Gasteiger partial charge in [0.05, 0.1) is 12.0 Å². The van der Waals surface area contributed by atoms with Crippen molar-refractivity contribution in [3.05, 3.63) is 0 Å². The normalized spacial score (nSPS) is 34.8. The molecule has 0 spiro atoms. The Kier molecular flexibility index (Phi) is 1.71. The fourth-order valence-electron chi connectivity index (χ4n) is 1.06. The summed E-state index contributed by atoms with van der Waals surface area (Å²) in [6.07, 6.45) is 0.568. The zero-order chi connectivity index (χ0) is 6.85. The van der Waals surface area contributed by atoms with Crippen LogP contribution in [0, 0.1) is 5.92 Å². The third-order valence-corrected chi connectivity index (χ3v) is 1.69. The monoisotopic (exact) mass is 130 g/mol. The van der Waals surface area contributed by atoms with Gasteiger partial charge in [0.2, 0.25) is 0 Å². The minimum atomic E-state index is -0.736. The standard InChI is InChI=1S/C6H10O3/c1-4-5(6(7)8)2-3-9-4/h4-5H,2-3H2,1H3,(H,7,8)/t4-,5-/m0/s1. The Labute approximate surface area is 53.6 Å². The summed E-state index contributed by atoms with van der Waals surface area (Å²) in [5, 5.41) is 8.50. The van der Waals surface area contributed by atoms with Crippen LogP contribution in [0.1, 0.15) is 13.3 Å². The van der Waals surface area contributed by atoms with Crippen molar-refractivity contribution in [3.63, 3.8) is 0 Å². The Morgan fingerprint density at radius 2 is 2.44 bits per heavy atom. The van der Waals surface area contributed by atoms with Gasteiger partial charge in [0.15, 0.2) is 0 Å². The molecule has 3 nitrogen and oxygen atoms in total. The summed E-state index contributed by atoms with van der Waals surface area (Å²) in [4.78, 5) is 10.3. The molecule has 9 heavy (non-hydrogen) atoms. The van der Waals surface area contributed by atoms with Gasteiger partial charge in [-0.15, -0.1) is 0 Å². The summed E-state index contributed by atoms with van der Waals surface area (Å²) in [6, 6.07) is 0. The first-order valence-electron chi connectivity index (χ1n) is 3.06. The van der Waals surface area contributed by atoms with E-state index in [1.807, 2.05) is 0 Å². The smallest absolute Gasteiger partial charge is 0.309 e. The minimum absolute atomic E-state index is 0.0949. The third kappa shape index (κ3) is 1.21. The first-order valence-corrected chi connectivity index (χ1v) is 3.06. The van der Waals surface area contributed by atoms with Crippen LogP contribution in [-0.4, -0.2) is 23.8 Å². The molecule has 1 saturated heterocycles. The van der Waals surface area contributed by atoms with Crippen molar-refractivity contribution >= 4 is 5.97 Å². The predicted molar refractivity (Wildman–Crippen MR) is 31.2 cm³/mol. The van der Waals surface area contributed by atoms with Crippen molar-refractivity contribution in [2.75, 3.05) is 6.61 Å². The molecule has 1 rings (SSSR count). The van der Waals surface area contributed by atoms with Crippen molar-refractivity contribution in [1.82, 2.24) is 0 Å². The van der Waals surface area contributed by atoms with Gasteiger partial charge in [-0.05, 0) is 13.3 Å². The van der Waals surface area contributed by atoms with E-state index in [1.165, 1.54) is 0 Å². The van der Waals surface area contributed by atoms with Gasteiger partial charge >= 0.3 is 5.97 Å². The highest BCUT2D eigenvalue weighted by molar-refractivity contribution is 5.70. The molecule has 1 N–H and O–H groups in total. The molecule has 0 saturated carbocycles. The van der Waals surface area contributed by atoms with Gasteiger partial charge in [-0.2, -0.15) is 0 Å². The number of ether oxygens (including phenoxy) is 1. The molecule has 2 atom stereocenters. The average molecular weight is 130 g/mol. The Balaban J connectivity index is 2.49. The summed E-state index contributed by atoms with van der Waals surface area (Å²) in [5.74, 6) is -1.01. The van der Waals surface area contributed by atoms with Gasteiger partial charge in [-0.3, -0.25) is 4.79 Å². The number of hydrogen-bond donors (Lipinski definition) is 1. The van der Waals surface area contributed by atoms with Gasteiger partial charge in [-0.1, -0.05) is 0 Å². The first kappa shape index (κ1) is 6.55. The van der Waals surface area contributed by atoms with Crippen LogP contribution in [0.25, 0.3) is 0 Å². The number of carbonyl (C=O) groups is 1. The molecule has 0 bridgehead atoms. The number of rotatable bonds is 1. The summed E-state index contributed by atoms with van der Waals surface area (Å²) < 4.78 is 5.05. The molecule has 0 aliphatic carbocycles. The van der Waals surface area contributed by atoms with Crippen molar-refractivity contribution in [1.29, 1.82) is 0 Å². The van der Waals surface area contributed by atoms with Crippen molar-refractivity contribution in [2.24, 2.45) is 5.92 Å². The molecule has 1 aliphatic heterocycles. The molecule has 1 aliphatic rings. The van der Waals surface area contributed by atoms with E-state index in [0.29, 0.717) is 13.0 Å². The lowest BCUT2D eigenvalue weighted by atomic mass is 10.0. The molecule has 0 unspecified atom stereocenters. The number of carboxylic acid groups (broad SMARTS) is 1. The number of hydrogen-bond acceptors (Lipinski definition) is 2. The SMILES string of the molecule is C[C@@H]1OCC[C@@H]1C(=O)O. The molecule has 52 valence electrons. The minimum Gasteiger partial charge on any atom is -0.481 e. The molecule has 1 fully saturated rings. The molecule has 1 heterocycles. The van der Waals surface area contributed by atoms with Gasteiger partial charge < -0.3 is 9.84 Å². The van der Waals surface area contributed by atoms with E-state index in [-0.39, 0.29) is 12.0 Å². The highest BCUT2D eigenvalue weighted by Crippen LogP contribution is 2.19. The van der Waals surface area contributed by atoms with Crippen LogP contribution in [0.3, 0.4) is 0 Å². The highest BCUT2D eigenvalue weighted by atomic mass is 16.5. The fourth-order valence-corrected chi connectivity index (χ4v) is 1.06. The Hall–Kier alpha value is -0.570. The topological polar surface area (TPSA) is 46.5 Å². The Morgan fingerprint density at radius 3 is 2.67 bits per heavy atom. The number of aliphatic carboxylic acids is 1. The van der Waals surface area contributed by atoms with E-state index in [0.717, 1.165) is 0 Å². The van der Waals surface area contributed by atoms with Crippen LogP contribution in [0.4, 0.5) is 0 Å². The molecule has 0 aromatic carbocycles. The van der Waals surface area contributed by atoms with Gasteiger partial charge in [0, 0.05) is 6.61 Å². The second-order valence-electron chi connectivity index (χ2n) is 2.31. The lowest BCUT2D eigenvalue weighted by Gasteiger charge is -2.06. The summed E-state index contributed by atoms with van der Waals surface area (Å²) in [5.41, 5.74) is 0. The van der Waals surface area contributed by atoms with E-state index in [2.05, 4.69) is 0 Å². The maximum absolute atomic E-state index is 10.3. The van der Waals surface area contributed by atoms with Crippen LogP contribution in [0.5, 0.6) is 0 Å². The molecular weight excluding hydrogens is 120 g/mol. The van der Waals surface area contributed by atoms with E-state index in [4.69, 9.17) is 9.84 Å². The van der Waals surface area contributed by atoms with Crippen molar-refractivity contribution in [2.45, 2.75) is 19.4 Å².